The maximum Gasteiger partial charge on any atom is 0.182 e. The van der Waals surface area contributed by atoms with Crippen LogP contribution in [0.4, 0.5) is 0 Å². The van der Waals surface area contributed by atoms with Gasteiger partial charge in [-0.3, -0.25) is 0 Å². The van der Waals surface area contributed by atoms with Crippen LogP contribution in [0, 0.1) is 11.3 Å². The van der Waals surface area contributed by atoms with Crippen molar-refractivity contribution in [2.75, 3.05) is 0 Å². The van der Waals surface area contributed by atoms with Crippen LogP contribution < -0.4 is 0 Å². The minimum Gasteiger partial charge on any atom is -0.248 e. The van der Waals surface area contributed by atoms with Gasteiger partial charge in [0.2, 0.25) is 0 Å². The number of thioether (sulfide) groups is 1. The molecule has 102 valence electrons. The normalized spacial score (nSPS) is 12.0. The second-order valence-electron chi connectivity index (χ2n) is 4.40. The molecular formula is C15H11N5S. The fourth-order valence-electron chi connectivity index (χ4n) is 1.92. The third kappa shape index (κ3) is 2.83. The molecule has 0 aliphatic heterocycles. The maximum atomic E-state index is 8.83. The largest absolute Gasteiger partial charge is 0.248 e. The number of benzene rings is 1. The average molecular weight is 293 g/mol. The molecule has 1 unspecified atom stereocenters. The van der Waals surface area contributed by atoms with E-state index in [-0.39, 0.29) is 5.25 Å². The van der Waals surface area contributed by atoms with E-state index in [0.29, 0.717) is 16.7 Å². The number of hydrogen-bond acceptors (Lipinski definition) is 6. The first-order chi connectivity index (χ1) is 10.3. The highest BCUT2D eigenvalue weighted by Gasteiger charge is 2.12. The van der Waals surface area contributed by atoms with Crippen LogP contribution in [0.25, 0.3) is 11.2 Å². The Morgan fingerprint density at radius 2 is 1.81 bits per heavy atom. The lowest BCUT2D eigenvalue weighted by molar-refractivity contribution is 1.03. The predicted molar refractivity (Wildman–Crippen MR) is 80.6 cm³/mol. The molecule has 21 heavy (non-hydrogen) atoms. The Balaban J connectivity index is 1.89. The van der Waals surface area contributed by atoms with Crippen LogP contribution in [0.5, 0.6) is 0 Å². The molecule has 0 spiro atoms. The number of fused-ring (bicyclic) bond motifs is 1. The summed E-state index contributed by atoms with van der Waals surface area (Å²) in [6.45, 7) is 2.09. The van der Waals surface area contributed by atoms with Gasteiger partial charge in [0.1, 0.15) is 16.9 Å². The van der Waals surface area contributed by atoms with Crippen LogP contribution in [0.2, 0.25) is 0 Å². The SMILES string of the molecule is CC(Sc1ncnc2nccnc12)c1ccc(C#N)cc1. The molecule has 0 saturated heterocycles. The van der Waals surface area contributed by atoms with Gasteiger partial charge in [0.25, 0.3) is 0 Å². The fraction of sp³-hybridized carbons (Fsp3) is 0.133. The van der Waals surface area contributed by atoms with Crippen LogP contribution >= 0.6 is 11.8 Å². The molecule has 0 aliphatic rings. The molecule has 0 N–H and O–H groups in total. The van der Waals surface area contributed by atoms with Gasteiger partial charge in [0.15, 0.2) is 5.65 Å². The Hall–Kier alpha value is -2.52. The summed E-state index contributed by atoms with van der Waals surface area (Å²) in [5.41, 5.74) is 3.11. The molecule has 6 heteroatoms. The first-order valence-electron chi connectivity index (χ1n) is 6.36. The number of nitrogens with zero attached hydrogens (tertiary/aromatic N) is 5. The number of aromatic nitrogens is 4. The number of nitriles is 1. The minimum atomic E-state index is 0.192. The molecule has 3 rings (SSSR count). The van der Waals surface area contributed by atoms with Gasteiger partial charge < -0.3 is 0 Å². The summed E-state index contributed by atoms with van der Waals surface area (Å²) in [6, 6.07) is 9.70. The molecule has 3 aromatic rings. The standard InChI is InChI=1S/C15H11N5S/c1-10(12-4-2-11(8-16)3-5-12)21-15-13-14(19-9-20-15)18-7-6-17-13/h2-7,9-10H,1H3. The summed E-state index contributed by atoms with van der Waals surface area (Å²) in [4.78, 5) is 16.9. The zero-order valence-corrected chi connectivity index (χ0v) is 12.1. The summed E-state index contributed by atoms with van der Waals surface area (Å²) in [5.74, 6) is 0. The Bertz CT molecular complexity index is 805. The monoisotopic (exact) mass is 293 g/mol. The van der Waals surface area contributed by atoms with Gasteiger partial charge in [-0.15, -0.1) is 0 Å². The van der Waals surface area contributed by atoms with Crippen molar-refractivity contribution >= 4 is 22.9 Å². The van der Waals surface area contributed by atoms with Crippen molar-refractivity contribution in [2.24, 2.45) is 0 Å². The van der Waals surface area contributed by atoms with Crippen molar-refractivity contribution in [3.05, 3.63) is 54.1 Å². The van der Waals surface area contributed by atoms with Crippen LogP contribution in [0.1, 0.15) is 23.3 Å². The van der Waals surface area contributed by atoms with Gasteiger partial charge in [0.05, 0.1) is 11.6 Å². The highest BCUT2D eigenvalue weighted by Crippen LogP contribution is 2.35. The molecule has 0 saturated carbocycles. The molecule has 0 fully saturated rings. The smallest absolute Gasteiger partial charge is 0.182 e. The summed E-state index contributed by atoms with van der Waals surface area (Å²) < 4.78 is 0. The van der Waals surface area contributed by atoms with Gasteiger partial charge in [0, 0.05) is 17.6 Å². The Morgan fingerprint density at radius 3 is 2.57 bits per heavy atom. The highest BCUT2D eigenvalue weighted by atomic mass is 32.2. The van der Waals surface area contributed by atoms with Crippen LogP contribution in [0.15, 0.2) is 48.0 Å². The molecule has 0 bridgehead atoms. The highest BCUT2D eigenvalue weighted by molar-refractivity contribution is 7.99. The van der Waals surface area contributed by atoms with E-state index < -0.39 is 0 Å². The average Bonchev–Trinajstić information content (AvgIpc) is 2.55. The lowest BCUT2D eigenvalue weighted by atomic mass is 10.1. The molecule has 2 heterocycles. The molecular weight excluding hydrogens is 282 g/mol. The zero-order chi connectivity index (χ0) is 14.7. The van der Waals surface area contributed by atoms with E-state index in [1.165, 1.54) is 6.33 Å². The second kappa shape index (κ2) is 5.85. The lowest BCUT2D eigenvalue weighted by Crippen LogP contribution is -1.95. The Morgan fingerprint density at radius 1 is 1.05 bits per heavy atom. The van der Waals surface area contributed by atoms with Gasteiger partial charge in [-0.1, -0.05) is 23.9 Å². The van der Waals surface area contributed by atoms with Crippen molar-refractivity contribution in [3.63, 3.8) is 0 Å². The molecule has 0 radical (unpaired) electrons. The number of rotatable bonds is 3. The van der Waals surface area contributed by atoms with E-state index in [1.807, 2.05) is 24.3 Å². The third-order valence-electron chi connectivity index (χ3n) is 3.03. The van der Waals surface area contributed by atoms with Crippen molar-refractivity contribution in [1.29, 1.82) is 5.26 Å². The Labute approximate surface area is 126 Å². The summed E-state index contributed by atoms with van der Waals surface area (Å²) >= 11 is 1.60. The van der Waals surface area contributed by atoms with Crippen molar-refractivity contribution < 1.29 is 0 Å². The molecule has 1 aromatic carbocycles. The van der Waals surface area contributed by atoms with Crippen molar-refractivity contribution in [1.82, 2.24) is 19.9 Å². The van der Waals surface area contributed by atoms with E-state index in [2.05, 4.69) is 32.9 Å². The molecule has 5 nitrogen and oxygen atoms in total. The first kappa shape index (κ1) is 13.5. The maximum absolute atomic E-state index is 8.83. The molecule has 0 amide bonds. The van der Waals surface area contributed by atoms with Crippen molar-refractivity contribution in [2.45, 2.75) is 17.2 Å². The van der Waals surface area contributed by atoms with Gasteiger partial charge in [-0.2, -0.15) is 5.26 Å². The zero-order valence-electron chi connectivity index (χ0n) is 11.3. The summed E-state index contributed by atoms with van der Waals surface area (Å²) in [7, 11) is 0. The van der Waals surface area contributed by atoms with Gasteiger partial charge >= 0.3 is 0 Å². The summed E-state index contributed by atoms with van der Waals surface area (Å²) in [6.07, 6.45) is 4.76. The number of hydrogen-bond donors (Lipinski definition) is 0. The van der Waals surface area contributed by atoms with E-state index in [0.717, 1.165) is 10.6 Å². The van der Waals surface area contributed by atoms with Crippen LogP contribution in [-0.2, 0) is 0 Å². The topological polar surface area (TPSA) is 75.3 Å². The van der Waals surface area contributed by atoms with E-state index >= 15 is 0 Å². The Kier molecular flexibility index (Phi) is 3.75. The van der Waals surface area contributed by atoms with Gasteiger partial charge in [-0.05, 0) is 24.6 Å². The molecule has 2 aromatic heterocycles. The van der Waals surface area contributed by atoms with Crippen LogP contribution in [0.3, 0.4) is 0 Å². The summed E-state index contributed by atoms with van der Waals surface area (Å²) in [5, 5.41) is 9.84. The quantitative estimate of drug-likeness (QED) is 0.545. The third-order valence-corrected chi connectivity index (χ3v) is 4.18. The van der Waals surface area contributed by atoms with Gasteiger partial charge in [-0.25, -0.2) is 19.9 Å². The minimum absolute atomic E-state index is 0.192. The molecule has 1 atom stereocenters. The predicted octanol–water partition coefficient (Wildman–Crippen LogP) is 3.14. The molecule has 0 aliphatic carbocycles. The fourth-order valence-corrected chi connectivity index (χ4v) is 2.92. The van der Waals surface area contributed by atoms with E-state index in [9.17, 15) is 0 Å². The first-order valence-corrected chi connectivity index (χ1v) is 7.24. The van der Waals surface area contributed by atoms with Crippen molar-refractivity contribution in [3.8, 4) is 6.07 Å². The van der Waals surface area contributed by atoms with E-state index in [1.54, 1.807) is 24.2 Å². The van der Waals surface area contributed by atoms with Crippen LogP contribution in [-0.4, -0.2) is 19.9 Å². The second-order valence-corrected chi connectivity index (χ2v) is 5.73. The lowest BCUT2D eigenvalue weighted by Gasteiger charge is -2.11. The van der Waals surface area contributed by atoms with E-state index in [4.69, 9.17) is 5.26 Å².